The first-order valence-corrected chi connectivity index (χ1v) is 9.90. The van der Waals surface area contributed by atoms with Crippen LogP contribution in [0.4, 0.5) is 13.2 Å². The zero-order valence-corrected chi connectivity index (χ0v) is 15.8. The van der Waals surface area contributed by atoms with Gasteiger partial charge in [-0.1, -0.05) is 62.6 Å². The highest BCUT2D eigenvalue weighted by Gasteiger charge is 2.31. The summed E-state index contributed by atoms with van der Waals surface area (Å²) in [4.78, 5) is 0. The first-order valence-electron chi connectivity index (χ1n) is 9.90. The van der Waals surface area contributed by atoms with Gasteiger partial charge in [-0.25, -0.2) is 0 Å². The maximum Gasteiger partial charge on any atom is 0.573 e. The summed E-state index contributed by atoms with van der Waals surface area (Å²) in [6.07, 6.45) is 4.52. The van der Waals surface area contributed by atoms with E-state index in [4.69, 9.17) is 0 Å². The summed E-state index contributed by atoms with van der Waals surface area (Å²) in [5.74, 6) is 1.35. The highest BCUT2D eigenvalue weighted by molar-refractivity contribution is 5.64. The minimum absolute atomic E-state index is 0.192. The molecule has 1 saturated carbocycles. The minimum atomic E-state index is -4.65. The Bertz CT molecular complexity index is 696. The topological polar surface area (TPSA) is 9.23 Å². The SMILES string of the molecule is CCCCC1CCC(c2ccc(-c3ccc(OC(F)(F)F)cc3)cc2)CC1. The van der Waals surface area contributed by atoms with Gasteiger partial charge in [-0.15, -0.1) is 13.2 Å². The number of hydrogen-bond acceptors (Lipinski definition) is 1. The third-order valence-electron chi connectivity index (χ3n) is 5.62. The monoisotopic (exact) mass is 376 g/mol. The number of alkyl halides is 3. The third-order valence-corrected chi connectivity index (χ3v) is 5.62. The smallest absolute Gasteiger partial charge is 0.406 e. The molecular formula is C23H27F3O. The van der Waals surface area contributed by atoms with Crippen LogP contribution in [0.15, 0.2) is 48.5 Å². The molecule has 0 atom stereocenters. The summed E-state index contributed by atoms with van der Waals surface area (Å²) in [5, 5.41) is 0. The van der Waals surface area contributed by atoms with Crippen molar-refractivity contribution in [2.45, 2.75) is 64.1 Å². The number of benzene rings is 2. The second-order valence-electron chi connectivity index (χ2n) is 7.55. The van der Waals surface area contributed by atoms with E-state index in [2.05, 4.69) is 35.9 Å². The lowest BCUT2D eigenvalue weighted by atomic mass is 9.77. The Morgan fingerprint density at radius 1 is 0.852 bits per heavy atom. The summed E-state index contributed by atoms with van der Waals surface area (Å²) in [5.41, 5.74) is 3.28. The first-order chi connectivity index (χ1) is 12.9. The summed E-state index contributed by atoms with van der Waals surface area (Å²) >= 11 is 0. The van der Waals surface area contributed by atoms with Gasteiger partial charge in [-0.2, -0.15) is 0 Å². The maximum atomic E-state index is 12.2. The molecule has 0 amide bonds. The molecule has 1 fully saturated rings. The molecule has 1 aliphatic rings. The van der Waals surface area contributed by atoms with Crippen LogP contribution in [0.1, 0.15) is 63.4 Å². The predicted molar refractivity (Wildman–Crippen MR) is 103 cm³/mol. The zero-order valence-electron chi connectivity index (χ0n) is 15.8. The van der Waals surface area contributed by atoms with Crippen molar-refractivity contribution in [3.63, 3.8) is 0 Å². The Balaban J connectivity index is 1.59. The molecule has 2 aromatic rings. The fraction of sp³-hybridized carbons (Fsp3) is 0.478. The molecule has 3 rings (SSSR count). The quantitative estimate of drug-likeness (QED) is 0.501. The van der Waals surface area contributed by atoms with Crippen LogP contribution in [-0.4, -0.2) is 6.36 Å². The molecule has 0 unspecified atom stereocenters. The second-order valence-corrected chi connectivity index (χ2v) is 7.55. The second kappa shape index (κ2) is 8.81. The molecule has 27 heavy (non-hydrogen) atoms. The Morgan fingerprint density at radius 2 is 1.41 bits per heavy atom. The Morgan fingerprint density at radius 3 is 1.93 bits per heavy atom. The van der Waals surface area contributed by atoms with E-state index in [1.165, 1.54) is 62.6 Å². The van der Waals surface area contributed by atoms with Gasteiger partial charge in [0.05, 0.1) is 0 Å². The van der Waals surface area contributed by atoms with Gasteiger partial charge >= 0.3 is 6.36 Å². The van der Waals surface area contributed by atoms with Gasteiger partial charge in [-0.3, -0.25) is 0 Å². The first kappa shape index (κ1) is 19.8. The Labute approximate surface area is 159 Å². The highest BCUT2D eigenvalue weighted by atomic mass is 19.4. The fourth-order valence-electron chi connectivity index (χ4n) is 4.07. The van der Waals surface area contributed by atoms with E-state index in [1.54, 1.807) is 12.1 Å². The number of rotatable bonds is 6. The van der Waals surface area contributed by atoms with Gasteiger partial charge in [0.15, 0.2) is 0 Å². The van der Waals surface area contributed by atoms with Gasteiger partial charge < -0.3 is 4.74 Å². The van der Waals surface area contributed by atoms with E-state index in [1.807, 2.05) is 0 Å². The summed E-state index contributed by atoms with van der Waals surface area (Å²) in [6.45, 7) is 2.25. The molecule has 2 aromatic carbocycles. The molecule has 1 nitrogen and oxygen atoms in total. The molecule has 146 valence electrons. The van der Waals surface area contributed by atoms with Crippen molar-refractivity contribution < 1.29 is 17.9 Å². The van der Waals surface area contributed by atoms with Crippen LogP contribution in [0.25, 0.3) is 11.1 Å². The molecule has 0 aromatic heterocycles. The van der Waals surface area contributed by atoms with Gasteiger partial charge in [-0.05, 0) is 66.3 Å². The standard InChI is InChI=1S/C23H27F3O/c1-2-3-4-17-5-7-18(8-6-17)19-9-11-20(12-10-19)21-13-15-22(16-14-21)27-23(24,25)26/h9-18H,2-8H2,1H3. The highest BCUT2D eigenvalue weighted by Crippen LogP contribution is 2.38. The lowest BCUT2D eigenvalue weighted by Crippen LogP contribution is -2.16. The van der Waals surface area contributed by atoms with Gasteiger partial charge in [0.1, 0.15) is 5.75 Å². The van der Waals surface area contributed by atoms with E-state index in [0.29, 0.717) is 5.92 Å². The molecule has 0 radical (unpaired) electrons. The van der Waals surface area contributed by atoms with Crippen LogP contribution in [0.2, 0.25) is 0 Å². The summed E-state index contributed by atoms with van der Waals surface area (Å²) in [6, 6.07) is 14.5. The van der Waals surface area contributed by atoms with Gasteiger partial charge in [0.2, 0.25) is 0 Å². The average Bonchev–Trinajstić information content (AvgIpc) is 2.66. The van der Waals surface area contributed by atoms with E-state index >= 15 is 0 Å². The van der Waals surface area contributed by atoms with Crippen molar-refractivity contribution in [1.82, 2.24) is 0 Å². The molecule has 0 N–H and O–H groups in total. The molecule has 4 heteroatoms. The fourth-order valence-corrected chi connectivity index (χ4v) is 4.07. The average molecular weight is 376 g/mol. The van der Waals surface area contributed by atoms with Crippen molar-refractivity contribution in [3.05, 3.63) is 54.1 Å². The van der Waals surface area contributed by atoms with Crippen molar-refractivity contribution in [2.24, 2.45) is 5.92 Å². The van der Waals surface area contributed by atoms with Crippen LogP contribution in [0.3, 0.4) is 0 Å². The van der Waals surface area contributed by atoms with Crippen molar-refractivity contribution in [2.75, 3.05) is 0 Å². The van der Waals surface area contributed by atoms with Crippen LogP contribution in [0.5, 0.6) is 5.75 Å². The lowest BCUT2D eigenvalue weighted by molar-refractivity contribution is -0.274. The van der Waals surface area contributed by atoms with Gasteiger partial charge in [0.25, 0.3) is 0 Å². The molecule has 0 saturated heterocycles. The zero-order chi connectivity index (χ0) is 19.3. The summed E-state index contributed by atoms with van der Waals surface area (Å²) < 4.78 is 40.7. The Kier molecular flexibility index (Phi) is 6.46. The number of unbranched alkanes of at least 4 members (excludes halogenated alkanes) is 1. The van der Waals surface area contributed by atoms with E-state index in [0.717, 1.165) is 17.0 Å². The molecule has 0 bridgehead atoms. The summed E-state index contributed by atoms with van der Waals surface area (Å²) in [7, 11) is 0. The number of hydrogen-bond donors (Lipinski definition) is 0. The van der Waals surface area contributed by atoms with Crippen LogP contribution < -0.4 is 4.74 Å². The molecule has 0 aliphatic heterocycles. The van der Waals surface area contributed by atoms with Crippen molar-refractivity contribution in [1.29, 1.82) is 0 Å². The van der Waals surface area contributed by atoms with Crippen LogP contribution in [0, 0.1) is 5.92 Å². The maximum absolute atomic E-state index is 12.2. The predicted octanol–water partition coefficient (Wildman–Crippen LogP) is 7.72. The molecular weight excluding hydrogens is 349 g/mol. The minimum Gasteiger partial charge on any atom is -0.406 e. The third kappa shape index (κ3) is 5.75. The van der Waals surface area contributed by atoms with Crippen LogP contribution in [-0.2, 0) is 0 Å². The Hall–Kier alpha value is -1.97. The molecule has 0 spiro atoms. The molecule has 0 heterocycles. The number of halogens is 3. The van der Waals surface area contributed by atoms with E-state index < -0.39 is 6.36 Å². The van der Waals surface area contributed by atoms with Crippen molar-refractivity contribution >= 4 is 0 Å². The lowest BCUT2D eigenvalue weighted by Gasteiger charge is -2.29. The number of ether oxygens (including phenoxy) is 1. The van der Waals surface area contributed by atoms with Crippen molar-refractivity contribution in [3.8, 4) is 16.9 Å². The van der Waals surface area contributed by atoms with Gasteiger partial charge in [0, 0.05) is 0 Å². The molecule has 1 aliphatic carbocycles. The normalized spacial score (nSPS) is 20.4. The van der Waals surface area contributed by atoms with E-state index in [-0.39, 0.29) is 5.75 Å². The van der Waals surface area contributed by atoms with Crippen LogP contribution >= 0.6 is 0 Å². The van der Waals surface area contributed by atoms with E-state index in [9.17, 15) is 13.2 Å². The largest absolute Gasteiger partial charge is 0.573 e.